The van der Waals surface area contributed by atoms with Crippen LogP contribution in [0.5, 0.6) is 0 Å². The molecule has 1 aliphatic rings. The highest BCUT2D eigenvalue weighted by Crippen LogP contribution is 2.34. The van der Waals surface area contributed by atoms with Gasteiger partial charge in [0.1, 0.15) is 0 Å². The number of anilines is 2. The number of aliphatic carboxylic acids is 1. The number of nitrogens with one attached hydrogen (secondary N) is 2. The van der Waals surface area contributed by atoms with Gasteiger partial charge in [0.15, 0.2) is 0 Å². The highest BCUT2D eigenvalue weighted by molar-refractivity contribution is 7.98. The molecule has 2 amide bonds. The molecule has 1 fully saturated rings. The number of benzene rings is 3. The largest absolute Gasteiger partial charge is 0.481 e. The minimum atomic E-state index is -4.49. The summed E-state index contributed by atoms with van der Waals surface area (Å²) in [4.78, 5) is 44.7. The molecule has 1 saturated heterocycles. The van der Waals surface area contributed by atoms with E-state index in [4.69, 9.17) is 10.1 Å². The molecular weight excluding hydrogens is 653 g/mol. The SMILES string of the molecule is Cc1cc(C(=O)NCc2cccc(C(F)(F)F)c2)cc(-c2cc(N3CCCCC3)ccc2NC(=O)c2cccc(CSCCC(=O)O)c2)n1. The molecule has 4 aromatic rings. The number of carbonyl (C=O) groups excluding carboxylic acids is 2. The lowest BCUT2D eigenvalue weighted by atomic mass is 10.0. The smallest absolute Gasteiger partial charge is 0.416 e. The molecule has 3 N–H and O–H groups in total. The predicted molar refractivity (Wildman–Crippen MR) is 186 cm³/mol. The van der Waals surface area contributed by atoms with E-state index in [9.17, 15) is 27.6 Å². The number of hydrogen-bond acceptors (Lipinski definition) is 6. The summed E-state index contributed by atoms with van der Waals surface area (Å²) in [6.45, 7) is 3.45. The Morgan fingerprint density at radius 1 is 0.878 bits per heavy atom. The Bertz CT molecular complexity index is 1830. The van der Waals surface area contributed by atoms with E-state index in [2.05, 4.69) is 15.5 Å². The second-order valence-electron chi connectivity index (χ2n) is 11.9. The van der Waals surface area contributed by atoms with Crippen molar-refractivity contribution in [3.63, 3.8) is 0 Å². The van der Waals surface area contributed by atoms with Crippen molar-refractivity contribution in [2.45, 2.75) is 51.1 Å². The van der Waals surface area contributed by atoms with Gasteiger partial charge in [0, 0.05) is 59.2 Å². The van der Waals surface area contributed by atoms with E-state index in [1.807, 2.05) is 24.3 Å². The number of carboxylic acids is 1. The lowest BCUT2D eigenvalue weighted by Crippen LogP contribution is -2.29. The Hall–Kier alpha value is -4.84. The van der Waals surface area contributed by atoms with Gasteiger partial charge in [-0.15, -0.1) is 0 Å². The van der Waals surface area contributed by atoms with Gasteiger partial charge < -0.3 is 20.6 Å². The molecule has 2 heterocycles. The number of halogens is 3. The molecule has 0 unspecified atom stereocenters. The maximum Gasteiger partial charge on any atom is 0.416 e. The summed E-state index contributed by atoms with van der Waals surface area (Å²) in [6.07, 6.45) is -1.13. The Morgan fingerprint density at radius 3 is 2.39 bits per heavy atom. The zero-order valence-corrected chi connectivity index (χ0v) is 27.8. The summed E-state index contributed by atoms with van der Waals surface area (Å²) in [5, 5.41) is 14.6. The zero-order valence-electron chi connectivity index (χ0n) is 27.0. The molecule has 3 aromatic carbocycles. The van der Waals surface area contributed by atoms with Gasteiger partial charge >= 0.3 is 12.1 Å². The number of nitrogens with zero attached hydrogens (tertiary/aromatic N) is 2. The average molecular weight is 691 g/mol. The van der Waals surface area contributed by atoms with E-state index in [1.165, 1.54) is 23.9 Å². The molecule has 1 aromatic heterocycles. The van der Waals surface area contributed by atoms with E-state index in [0.29, 0.717) is 45.3 Å². The fourth-order valence-electron chi connectivity index (χ4n) is 5.63. The fraction of sp³-hybridized carbons (Fsp3) is 0.297. The van der Waals surface area contributed by atoms with Gasteiger partial charge in [-0.2, -0.15) is 24.9 Å². The monoisotopic (exact) mass is 690 g/mol. The van der Waals surface area contributed by atoms with Crippen molar-refractivity contribution in [2.75, 3.05) is 29.1 Å². The van der Waals surface area contributed by atoms with Gasteiger partial charge in [-0.25, -0.2) is 0 Å². The van der Waals surface area contributed by atoms with Gasteiger partial charge in [-0.3, -0.25) is 19.4 Å². The molecule has 5 rings (SSSR count). The third-order valence-corrected chi connectivity index (χ3v) is 9.12. The molecular formula is C37H37F3N4O4S. The summed E-state index contributed by atoms with van der Waals surface area (Å²) in [5.74, 6) is -0.631. The molecule has 0 spiro atoms. The van der Waals surface area contributed by atoms with Gasteiger partial charge in [0.05, 0.1) is 23.4 Å². The topological polar surface area (TPSA) is 112 Å². The first-order valence-electron chi connectivity index (χ1n) is 16.0. The van der Waals surface area contributed by atoms with E-state index in [1.54, 1.807) is 37.3 Å². The molecule has 0 bridgehead atoms. The average Bonchev–Trinajstić information content (AvgIpc) is 3.09. The summed E-state index contributed by atoms with van der Waals surface area (Å²) in [5.41, 5.74) is 4.24. The molecule has 0 atom stereocenters. The Balaban J connectivity index is 1.40. The Labute approximate surface area is 287 Å². The number of aryl methyl sites for hydroxylation is 1. The van der Waals surface area contributed by atoms with Crippen molar-refractivity contribution in [3.05, 3.63) is 112 Å². The number of alkyl halides is 3. The molecule has 1 aliphatic heterocycles. The van der Waals surface area contributed by atoms with Crippen molar-refractivity contribution >= 4 is 40.9 Å². The maximum absolute atomic E-state index is 13.5. The number of amides is 2. The van der Waals surface area contributed by atoms with Gasteiger partial charge in [0.2, 0.25) is 0 Å². The molecule has 256 valence electrons. The highest BCUT2D eigenvalue weighted by Gasteiger charge is 2.30. The number of aromatic nitrogens is 1. The van der Waals surface area contributed by atoms with Crippen molar-refractivity contribution in [1.82, 2.24) is 10.3 Å². The molecule has 8 nitrogen and oxygen atoms in total. The third kappa shape index (κ3) is 9.85. The standard InChI is InChI=1S/C37H37F3N4O4S/c1-24-17-28(35(47)41-22-25-7-6-10-29(19-25)37(38,39)40)20-33(42-24)31-21-30(44-14-3-2-4-15-44)11-12-32(31)43-36(48)27-9-5-8-26(18-27)23-49-16-13-34(45)46/h5-12,17-21H,2-4,13-16,22-23H2,1H3,(H,41,47)(H,43,48)(H,45,46). The Morgan fingerprint density at radius 2 is 1.63 bits per heavy atom. The molecule has 0 saturated carbocycles. The van der Waals surface area contributed by atoms with Crippen molar-refractivity contribution in [3.8, 4) is 11.3 Å². The van der Waals surface area contributed by atoms with Crippen LogP contribution in [0.4, 0.5) is 24.5 Å². The number of hydrogen-bond donors (Lipinski definition) is 3. The number of carboxylic acid groups (broad SMARTS) is 1. The molecule has 0 aliphatic carbocycles. The highest BCUT2D eigenvalue weighted by atomic mass is 32.2. The summed E-state index contributed by atoms with van der Waals surface area (Å²) >= 11 is 1.48. The van der Waals surface area contributed by atoms with Crippen molar-refractivity contribution in [2.24, 2.45) is 0 Å². The van der Waals surface area contributed by atoms with Crippen molar-refractivity contribution < 1.29 is 32.7 Å². The second-order valence-corrected chi connectivity index (χ2v) is 13.0. The minimum absolute atomic E-state index is 0.0627. The summed E-state index contributed by atoms with van der Waals surface area (Å²) in [7, 11) is 0. The second kappa shape index (κ2) is 16.0. The summed E-state index contributed by atoms with van der Waals surface area (Å²) < 4.78 is 39.6. The summed E-state index contributed by atoms with van der Waals surface area (Å²) in [6, 6.07) is 21.0. The van der Waals surface area contributed by atoms with Crippen LogP contribution in [0.15, 0.2) is 78.9 Å². The number of rotatable bonds is 12. The van der Waals surface area contributed by atoms with Crippen LogP contribution in [-0.4, -0.2) is 46.7 Å². The molecule has 49 heavy (non-hydrogen) atoms. The quantitative estimate of drug-likeness (QED) is 0.129. The van der Waals surface area contributed by atoms with E-state index in [-0.39, 0.29) is 24.4 Å². The minimum Gasteiger partial charge on any atom is -0.481 e. The van der Waals surface area contributed by atoms with Crippen LogP contribution in [0, 0.1) is 6.92 Å². The van der Waals surface area contributed by atoms with Gasteiger partial charge in [-0.05, 0) is 91.9 Å². The Kier molecular flexibility index (Phi) is 11.6. The zero-order chi connectivity index (χ0) is 35.0. The van der Waals surface area contributed by atoms with Crippen LogP contribution in [0.1, 0.15) is 68.8 Å². The van der Waals surface area contributed by atoms with Crippen LogP contribution >= 0.6 is 11.8 Å². The predicted octanol–water partition coefficient (Wildman–Crippen LogP) is 7.96. The van der Waals surface area contributed by atoms with Crippen LogP contribution in [-0.2, 0) is 23.3 Å². The number of pyridine rings is 1. The van der Waals surface area contributed by atoms with E-state index < -0.39 is 23.6 Å². The van der Waals surface area contributed by atoms with E-state index >= 15 is 0 Å². The third-order valence-electron chi connectivity index (χ3n) is 8.09. The molecule has 12 heteroatoms. The van der Waals surface area contributed by atoms with Crippen molar-refractivity contribution in [1.29, 1.82) is 0 Å². The van der Waals surface area contributed by atoms with Crippen LogP contribution < -0.4 is 15.5 Å². The van der Waals surface area contributed by atoms with Gasteiger partial charge in [0.25, 0.3) is 11.8 Å². The number of piperidine rings is 1. The van der Waals surface area contributed by atoms with Crippen LogP contribution in [0.25, 0.3) is 11.3 Å². The van der Waals surface area contributed by atoms with Crippen LogP contribution in [0.3, 0.4) is 0 Å². The number of thioether (sulfide) groups is 1. The first-order chi connectivity index (χ1) is 23.5. The van der Waals surface area contributed by atoms with E-state index in [0.717, 1.165) is 55.7 Å². The van der Waals surface area contributed by atoms with Gasteiger partial charge in [-0.1, -0.05) is 24.3 Å². The van der Waals surface area contributed by atoms with Crippen LogP contribution in [0.2, 0.25) is 0 Å². The fourth-order valence-corrected chi connectivity index (χ4v) is 6.51. The lowest BCUT2D eigenvalue weighted by Gasteiger charge is -2.29. The molecule has 0 radical (unpaired) electrons. The lowest BCUT2D eigenvalue weighted by molar-refractivity contribution is -0.138. The number of carbonyl (C=O) groups is 3. The first-order valence-corrected chi connectivity index (χ1v) is 17.1. The maximum atomic E-state index is 13.5. The first kappa shape index (κ1) is 35.5. The normalized spacial score (nSPS) is 13.2.